The van der Waals surface area contributed by atoms with E-state index in [0.717, 1.165) is 10.9 Å². The number of fused-ring (bicyclic) bond motifs is 3. The van der Waals surface area contributed by atoms with Gasteiger partial charge in [-0.15, -0.1) is 0 Å². The van der Waals surface area contributed by atoms with E-state index in [0.29, 0.717) is 49.5 Å². The molecule has 8 heteroatoms. The Morgan fingerprint density at radius 2 is 2.28 bits per heavy atom. The van der Waals surface area contributed by atoms with Crippen LogP contribution in [0.1, 0.15) is 25.2 Å². The number of rotatable bonds is 4. The number of likely N-dealkylation sites (tertiary alicyclic amines) is 1. The molecule has 1 aliphatic rings. The number of hydrogen-bond donors (Lipinski definition) is 2. The summed E-state index contributed by atoms with van der Waals surface area (Å²) in [5, 5.41) is 0.821. The third-order valence-corrected chi connectivity index (χ3v) is 5.07. The fourth-order valence-electron chi connectivity index (χ4n) is 3.87. The lowest BCUT2D eigenvalue weighted by Crippen LogP contribution is -2.49. The molecular weight excluding hydrogens is 326 g/mol. The third kappa shape index (κ3) is 2.60. The normalized spacial score (nSPS) is 21.4. The number of aromatic nitrogens is 4. The first-order chi connectivity index (χ1) is 12.0. The first kappa shape index (κ1) is 16.4. The zero-order chi connectivity index (χ0) is 17.6. The number of nitrogens with one attached hydrogen (secondary N) is 1. The van der Waals surface area contributed by atoms with Gasteiger partial charge in [-0.05, 0) is 25.6 Å². The second kappa shape index (κ2) is 6.03. The van der Waals surface area contributed by atoms with Crippen molar-refractivity contribution in [3.8, 4) is 0 Å². The van der Waals surface area contributed by atoms with Crippen molar-refractivity contribution in [2.24, 2.45) is 5.73 Å². The quantitative estimate of drug-likeness (QED) is 0.759. The number of aromatic amines is 1. The van der Waals surface area contributed by atoms with Crippen LogP contribution in [0.15, 0.2) is 18.5 Å². The molecule has 0 amide bonds. The maximum Gasteiger partial charge on any atom is 0.280 e. The number of nitrogens with two attached hydrogens (primary N) is 1. The number of pyridine rings is 1. The number of alkyl halides is 2. The van der Waals surface area contributed by atoms with Crippen LogP contribution >= 0.6 is 0 Å². The molecule has 0 aliphatic carbocycles. The topological polar surface area (TPSA) is 75.8 Å². The molecule has 134 valence electrons. The number of nitrogens with zero attached hydrogens (tertiary/aromatic N) is 4. The predicted octanol–water partition coefficient (Wildman–Crippen LogP) is 2.32. The molecule has 3 aromatic rings. The van der Waals surface area contributed by atoms with E-state index in [4.69, 9.17) is 5.73 Å². The van der Waals surface area contributed by atoms with Crippen LogP contribution in [0.5, 0.6) is 0 Å². The fraction of sp³-hybridized carbons (Fsp3) is 0.529. The van der Waals surface area contributed by atoms with Gasteiger partial charge in [0.1, 0.15) is 23.0 Å². The molecule has 0 saturated carbocycles. The summed E-state index contributed by atoms with van der Waals surface area (Å²) in [6.45, 7) is 3.34. The average Bonchev–Trinajstić information content (AvgIpc) is 3.18. The molecule has 0 bridgehead atoms. The molecule has 0 aromatic carbocycles. The van der Waals surface area contributed by atoms with Gasteiger partial charge in [0.05, 0.1) is 18.3 Å². The summed E-state index contributed by atoms with van der Waals surface area (Å²) in [6, 6.07) is 0.955. The van der Waals surface area contributed by atoms with E-state index in [9.17, 15) is 8.78 Å². The van der Waals surface area contributed by atoms with Crippen molar-refractivity contribution in [1.82, 2.24) is 24.4 Å². The minimum atomic E-state index is -2.82. The van der Waals surface area contributed by atoms with Crippen molar-refractivity contribution in [2.45, 2.75) is 31.7 Å². The van der Waals surface area contributed by atoms with E-state index < -0.39 is 12.0 Å². The molecule has 4 heterocycles. The van der Waals surface area contributed by atoms with E-state index >= 15 is 0 Å². The van der Waals surface area contributed by atoms with Crippen molar-refractivity contribution in [3.63, 3.8) is 0 Å². The molecule has 3 aromatic heterocycles. The van der Waals surface area contributed by atoms with Crippen LogP contribution in [0.4, 0.5) is 8.78 Å². The second-order valence-electron chi connectivity index (χ2n) is 6.60. The first-order valence-corrected chi connectivity index (χ1v) is 8.68. The molecule has 1 aliphatic heterocycles. The zero-order valence-corrected chi connectivity index (χ0v) is 14.2. The maximum absolute atomic E-state index is 15.0. The Kier molecular flexibility index (Phi) is 3.96. The van der Waals surface area contributed by atoms with Gasteiger partial charge in [0.25, 0.3) is 5.92 Å². The summed E-state index contributed by atoms with van der Waals surface area (Å²) in [4.78, 5) is 13.7. The smallest absolute Gasteiger partial charge is 0.280 e. The van der Waals surface area contributed by atoms with Gasteiger partial charge in [-0.25, -0.2) is 18.7 Å². The highest BCUT2D eigenvalue weighted by atomic mass is 19.3. The van der Waals surface area contributed by atoms with Crippen molar-refractivity contribution < 1.29 is 8.78 Å². The average molecular weight is 348 g/mol. The Hall–Kier alpha value is -2.06. The third-order valence-electron chi connectivity index (χ3n) is 5.07. The Morgan fingerprint density at radius 3 is 3.00 bits per heavy atom. The van der Waals surface area contributed by atoms with Crippen molar-refractivity contribution in [2.75, 3.05) is 26.2 Å². The van der Waals surface area contributed by atoms with E-state index in [2.05, 4.69) is 15.0 Å². The molecule has 1 atom stereocenters. The lowest BCUT2D eigenvalue weighted by atomic mass is 9.99. The predicted molar refractivity (Wildman–Crippen MR) is 92.9 cm³/mol. The van der Waals surface area contributed by atoms with Gasteiger partial charge in [0.15, 0.2) is 0 Å². The summed E-state index contributed by atoms with van der Waals surface area (Å²) in [5.74, 6) is -2.21. The SMILES string of the molecule is CCN1CCC(n2c(CCN)nc3cnc4[nH]ccc4c32)C(F)(F)C1. The summed E-state index contributed by atoms with van der Waals surface area (Å²) < 4.78 is 31.7. The minimum Gasteiger partial charge on any atom is -0.346 e. The molecule has 4 rings (SSSR count). The molecule has 0 spiro atoms. The highest BCUT2D eigenvalue weighted by molar-refractivity contribution is 6.01. The highest BCUT2D eigenvalue weighted by Crippen LogP contribution is 2.40. The zero-order valence-electron chi connectivity index (χ0n) is 14.2. The molecule has 3 N–H and O–H groups in total. The van der Waals surface area contributed by atoms with Crippen molar-refractivity contribution in [1.29, 1.82) is 0 Å². The molecule has 1 unspecified atom stereocenters. The lowest BCUT2D eigenvalue weighted by Gasteiger charge is -2.39. The molecule has 25 heavy (non-hydrogen) atoms. The lowest BCUT2D eigenvalue weighted by molar-refractivity contribution is -0.102. The maximum atomic E-state index is 15.0. The monoisotopic (exact) mass is 348 g/mol. The van der Waals surface area contributed by atoms with Gasteiger partial charge in [-0.1, -0.05) is 6.92 Å². The van der Waals surface area contributed by atoms with E-state index in [-0.39, 0.29) is 6.54 Å². The summed E-state index contributed by atoms with van der Waals surface area (Å²) in [6.07, 6.45) is 4.27. The number of halogens is 2. The van der Waals surface area contributed by atoms with E-state index in [1.54, 1.807) is 21.9 Å². The Balaban J connectivity index is 1.92. The minimum absolute atomic E-state index is 0.225. The summed E-state index contributed by atoms with van der Waals surface area (Å²) in [7, 11) is 0. The standard InChI is InChI=1S/C17H22F2N6/c1-2-24-8-5-13(17(18,19)10-24)25-14(3-6-20)23-12-9-22-16-11(15(12)25)4-7-21-16/h4,7,9,13H,2-3,5-6,8,10,20H2,1H3,(H,21,22). The van der Waals surface area contributed by atoms with Crippen LogP contribution in [0, 0.1) is 0 Å². The van der Waals surface area contributed by atoms with Crippen LogP contribution in [0.3, 0.4) is 0 Å². The largest absolute Gasteiger partial charge is 0.346 e. The van der Waals surface area contributed by atoms with Crippen LogP contribution in [0.2, 0.25) is 0 Å². The van der Waals surface area contributed by atoms with Crippen molar-refractivity contribution >= 4 is 22.1 Å². The van der Waals surface area contributed by atoms with Crippen LogP contribution in [0.25, 0.3) is 22.1 Å². The van der Waals surface area contributed by atoms with Crippen LogP contribution in [-0.2, 0) is 6.42 Å². The second-order valence-corrected chi connectivity index (χ2v) is 6.60. The Labute approximate surface area is 144 Å². The highest BCUT2D eigenvalue weighted by Gasteiger charge is 2.46. The molecule has 1 saturated heterocycles. The van der Waals surface area contributed by atoms with Gasteiger partial charge >= 0.3 is 0 Å². The number of imidazole rings is 1. The van der Waals surface area contributed by atoms with Crippen molar-refractivity contribution in [3.05, 3.63) is 24.3 Å². The van der Waals surface area contributed by atoms with Crippen LogP contribution in [-0.4, -0.2) is 56.5 Å². The first-order valence-electron chi connectivity index (χ1n) is 8.68. The van der Waals surface area contributed by atoms with Gasteiger partial charge in [0, 0.05) is 24.5 Å². The van der Waals surface area contributed by atoms with Gasteiger partial charge in [-0.2, -0.15) is 0 Å². The van der Waals surface area contributed by atoms with Gasteiger partial charge < -0.3 is 15.3 Å². The summed E-state index contributed by atoms with van der Waals surface area (Å²) in [5.41, 5.74) is 7.77. The number of H-pyrrole nitrogens is 1. The molecule has 0 radical (unpaired) electrons. The van der Waals surface area contributed by atoms with Gasteiger partial charge in [-0.3, -0.25) is 4.90 Å². The number of piperidine rings is 1. The van der Waals surface area contributed by atoms with E-state index in [1.165, 1.54) is 0 Å². The molecule has 6 nitrogen and oxygen atoms in total. The fourth-order valence-corrected chi connectivity index (χ4v) is 3.87. The number of hydrogen-bond acceptors (Lipinski definition) is 4. The van der Waals surface area contributed by atoms with Gasteiger partial charge in [0.2, 0.25) is 0 Å². The molecular formula is C17H22F2N6. The van der Waals surface area contributed by atoms with Crippen LogP contribution < -0.4 is 5.73 Å². The molecule has 1 fully saturated rings. The van der Waals surface area contributed by atoms with E-state index in [1.807, 2.05) is 13.0 Å². The summed E-state index contributed by atoms with van der Waals surface area (Å²) >= 11 is 0. The Morgan fingerprint density at radius 1 is 1.44 bits per heavy atom. The Bertz CT molecular complexity index is 899.